The topological polar surface area (TPSA) is 47.6 Å². The summed E-state index contributed by atoms with van der Waals surface area (Å²) in [5, 5.41) is 2.73. The van der Waals surface area contributed by atoms with Crippen LogP contribution in [0.3, 0.4) is 0 Å². The molecular weight excluding hydrogens is 254 g/mol. The smallest absolute Gasteiger partial charge is 0.258 e. The number of rotatable bonds is 8. The maximum atomic E-state index is 11.6. The second-order valence-electron chi connectivity index (χ2n) is 4.89. The molecule has 0 aliphatic rings. The number of amides is 1. The van der Waals surface area contributed by atoms with Gasteiger partial charge in [0.15, 0.2) is 6.61 Å². The third-order valence-electron chi connectivity index (χ3n) is 2.77. The molecule has 0 atom stereocenters. The number of hydrogen-bond donors (Lipinski definition) is 1. The Bertz CT molecular complexity index is 469. The Balaban J connectivity index is 2.19. The summed E-state index contributed by atoms with van der Waals surface area (Å²) in [6.07, 6.45) is 0. The highest BCUT2D eigenvalue weighted by atomic mass is 16.5. The van der Waals surface area contributed by atoms with Gasteiger partial charge in [0.1, 0.15) is 5.75 Å². The zero-order valence-electron chi connectivity index (χ0n) is 12.5. The molecule has 1 rings (SSSR count). The summed E-state index contributed by atoms with van der Waals surface area (Å²) in [5.74, 6) is 0.559. The molecule has 0 saturated heterocycles. The molecule has 110 valence electrons. The highest BCUT2D eigenvalue weighted by Crippen LogP contribution is 2.16. The first-order chi connectivity index (χ1) is 9.49. The standard InChI is InChI=1S/C16H23NO3/c1-12(2)10-19-8-7-17-16(18)11-20-15-6-5-13(3)14(4)9-15/h5-6,9H,1,7-8,10-11H2,2-4H3,(H,17,18). The van der Waals surface area contributed by atoms with Gasteiger partial charge < -0.3 is 14.8 Å². The van der Waals surface area contributed by atoms with Crippen molar-refractivity contribution in [3.8, 4) is 5.75 Å². The molecule has 1 aromatic carbocycles. The minimum atomic E-state index is -0.151. The quantitative estimate of drug-likeness (QED) is 0.586. The lowest BCUT2D eigenvalue weighted by Gasteiger charge is -2.09. The van der Waals surface area contributed by atoms with Gasteiger partial charge in [-0.15, -0.1) is 0 Å². The number of carbonyl (C=O) groups excluding carboxylic acids is 1. The monoisotopic (exact) mass is 277 g/mol. The average Bonchev–Trinajstić information content (AvgIpc) is 2.39. The van der Waals surface area contributed by atoms with Crippen LogP contribution >= 0.6 is 0 Å². The minimum Gasteiger partial charge on any atom is -0.484 e. The number of benzene rings is 1. The van der Waals surface area contributed by atoms with Gasteiger partial charge in [-0.2, -0.15) is 0 Å². The summed E-state index contributed by atoms with van der Waals surface area (Å²) in [7, 11) is 0. The molecule has 4 heteroatoms. The first-order valence-electron chi connectivity index (χ1n) is 6.68. The fourth-order valence-corrected chi connectivity index (χ4v) is 1.51. The lowest BCUT2D eigenvalue weighted by atomic mass is 10.1. The number of carbonyl (C=O) groups is 1. The van der Waals surface area contributed by atoms with Gasteiger partial charge in [-0.3, -0.25) is 4.79 Å². The van der Waals surface area contributed by atoms with Crippen LogP contribution in [-0.2, 0) is 9.53 Å². The van der Waals surface area contributed by atoms with Crippen molar-refractivity contribution in [2.45, 2.75) is 20.8 Å². The van der Waals surface area contributed by atoms with E-state index in [1.807, 2.05) is 39.0 Å². The van der Waals surface area contributed by atoms with Gasteiger partial charge in [0.25, 0.3) is 5.91 Å². The third kappa shape index (κ3) is 6.38. The molecule has 0 saturated carbocycles. The zero-order valence-corrected chi connectivity index (χ0v) is 12.5. The van der Waals surface area contributed by atoms with Crippen molar-refractivity contribution in [2.75, 3.05) is 26.4 Å². The highest BCUT2D eigenvalue weighted by Gasteiger charge is 2.03. The van der Waals surface area contributed by atoms with Crippen molar-refractivity contribution < 1.29 is 14.3 Å². The van der Waals surface area contributed by atoms with E-state index in [0.29, 0.717) is 25.5 Å². The predicted molar refractivity (Wildman–Crippen MR) is 80.1 cm³/mol. The van der Waals surface area contributed by atoms with Crippen LogP contribution in [0.5, 0.6) is 5.75 Å². The summed E-state index contributed by atoms with van der Waals surface area (Å²) in [4.78, 5) is 11.6. The number of hydrogen-bond acceptors (Lipinski definition) is 3. The fraction of sp³-hybridized carbons (Fsp3) is 0.438. The fourth-order valence-electron chi connectivity index (χ4n) is 1.51. The van der Waals surface area contributed by atoms with Crippen LogP contribution in [0.4, 0.5) is 0 Å². The Morgan fingerprint density at radius 3 is 2.65 bits per heavy atom. The van der Waals surface area contributed by atoms with Crippen LogP contribution in [0.2, 0.25) is 0 Å². The molecule has 0 aliphatic heterocycles. The van der Waals surface area contributed by atoms with E-state index in [-0.39, 0.29) is 12.5 Å². The van der Waals surface area contributed by atoms with Crippen molar-refractivity contribution in [3.63, 3.8) is 0 Å². The predicted octanol–water partition coefficient (Wildman–Crippen LogP) is 2.39. The van der Waals surface area contributed by atoms with Gasteiger partial charge in [-0.1, -0.05) is 18.2 Å². The van der Waals surface area contributed by atoms with Gasteiger partial charge in [0.05, 0.1) is 13.2 Å². The van der Waals surface area contributed by atoms with E-state index in [0.717, 1.165) is 11.1 Å². The van der Waals surface area contributed by atoms with Crippen LogP contribution in [0, 0.1) is 13.8 Å². The average molecular weight is 277 g/mol. The summed E-state index contributed by atoms with van der Waals surface area (Å²) in [6, 6.07) is 5.78. The van der Waals surface area contributed by atoms with Crippen LogP contribution in [0.25, 0.3) is 0 Å². The van der Waals surface area contributed by atoms with E-state index in [1.54, 1.807) is 0 Å². The lowest BCUT2D eigenvalue weighted by molar-refractivity contribution is -0.123. The molecule has 1 N–H and O–H groups in total. The number of nitrogens with one attached hydrogen (secondary N) is 1. The van der Waals surface area contributed by atoms with Crippen molar-refractivity contribution in [1.82, 2.24) is 5.32 Å². The number of aryl methyl sites for hydroxylation is 2. The highest BCUT2D eigenvalue weighted by molar-refractivity contribution is 5.77. The summed E-state index contributed by atoms with van der Waals surface area (Å²) < 4.78 is 10.7. The van der Waals surface area contributed by atoms with Gasteiger partial charge in [-0.05, 0) is 44.0 Å². The lowest BCUT2D eigenvalue weighted by Crippen LogP contribution is -2.31. The van der Waals surface area contributed by atoms with Gasteiger partial charge in [-0.25, -0.2) is 0 Å². The summed E-state index contributed by atoms with van der Waals surface area (Å²) in [6.45, 7) is 11.2. The molecule has 20 heavy (non-hydrogen) atoms. The van der Waals surface area contributed by atoms with Gasteiger partial charge >= 0.3 is 0 Å². The third-order valence-corrected chi connectivity index (χ3v) is 2.77. The molecule has 1 amide bonds. The Kier molecular flexibility index (Phi) is 6.81. The molecule has 4 nitrogen and oxygen atoms in total. The summed E-state index contributed by atoms with van der Waals surface area (Å²) >= 11 is 0. The SMILES string of the molecule is C=C(C)COCCNC(=O)COc1ccc(C)c(C)c1. The van der Waals surface area contributed by atoms with E-state index >= 15 is 0 Å². The van der Waals surface area contributed by atoms with Crippen LogP contribution in [0.1, 0.15) is 18.1 Å². The van der Waals surface area contributed by atoms with Crippen LogP contribution < -0.4 is 10.1 Å². The van der Waals surface area contributed by atoms with Crippen molar-refractivity contribution in [1.29, 1.82) is 0 Å². The van der Waals surface area contributed by atoms with E-state index < -0.39 is 0 Å². The van der Waals surface area contributed by atoms with E-state index in [4.69, 9.17) is 9.47 Å². The molecule has 0 spiro atoms. The summed E-state index contributed by atoms with van der Waals surface area (Å²) in [5.41, 5.74) is 3.32. The molecule has 0 unspecified atom stereocenters. The maximum absolute atomic E-state index is 11.6. The van der Waals surface area contributed by atoms with Crippen LogP contribution in [0.15, 0.2) is 30.4 Å². The van der Waals surface area contributed by atoms with Gasteiger partial charge in [0, 0.05) is 6.54 Å². The number of ether oxygens (including phenoxy) is 2. The van der Waals surface area contributed by atoms with E-state index in [1.165, 1.54) is 5.56 Å². The van der Waals surface area contributed by atoms with E-state index in [2.05, 4.69) is 11.9 Å². The molecule has 0 radical (unpaired) electrons. The van der Waals surface area contributed by atoms with Gasteiger partial charge in [0.2, 0.25) is 0 Å². The molecule has 0 fully saturated rings. The second kappa shape index (κ2) is 8.38. The normalized spacial score (nSPS) is 10.2. The molecule has 0 heterocycles. The maximum Gasteiger partial charge on any atom is 0.258 e. The largest absolute Gasteiger partial charge is 0.484 e. The molecule has 1 aromatic rings. The van der Waals surface area contributed by atoms with Crippen molar-refractivity contribution in [2.24, 2.45) is 0 Å². The Morgan fingerprint density at radius 2 is 2.00 bits per heavy atom. The molecular formula is C16H23NO3. The first-order valence-corrected chi connectivity index (χ1v) is 6.68. The molecule has 0 aliphatic carbocycles. The van der Waals surface area contributed by atoms with E-state index in [9.17, 15) is 4.79 Å². The zero-order chi connectivity index (χ0) is 15.0. The van der Waals surface area contributed by atoms with Crippen molar-refractivity contribution >= 4 is 5.91 Å². The Hall–Kier alpha value is -1.81. The second-order valence-corrected chi connectivity index (χ2v) is 4.89. The Labute approximate surface area is 120 Å². The Morgan fingerprint density at radius 1 is 1.25 bits per heavy atom. The molecule has 0 bridgehead atoms. The molecule has 0 aromatic heterocycles. The minimum absolute atomic E-state index is 0.0169. The van der Waals surface area contributed by atoms with Crippen molar-refractivity contribution in [3.05, 3.63) is 41.5 Å². The first kappa shape index (κ1) is 16.2. The van der Waals surface area contributed by atoms with Crippen LogP contribution in [-0.4, -0.2) is 32.3 Å².